The van der Waals surface area contributed by atoms with Gasteiger partial charge in [-0.1, -0.05) is 17.7 Å². The molecule has 2 heterocycles. The Balaban J connectivity index is 1.93. The van der Waals surface area contributed by atoms with Gasteiger partial charge in [0, 0.05) is 23.6 Å². The van der Waals surface area contributed by atoms with Crippen LogP contribution in [0.3, 0.4) is 0 Å². The van der Waals surface area contributed by atoms with Crippen molar-refractivity contribution < 1.29 is 8.78 Å². The number of hydrogen-bond donors (Lipinski definition) is 0. The van der Waals surface area contributed by atoms with Crippen LogP contribution < -0.4 is 0 Å². The molecule has 1 aromatic heterocycles. The molecule has 0 radical (unpaired) electrons. The standard InChI is InChI=1S/C18H15ClF2N2S/c1-11-6-7-24-18(23-11)14-8-12(2-4-15(14)20)9-16(21)17-5-3-13(19)10-22-17/h2-5,8-11H,6-7H2,1H3/b16-9-. The predicted octanol–water partition coefficient (Wildman–Crippen LogP) is 5.61. The number of thioether (sulfide) groups is 1. The van der Waals surface area contributed by atoms with Crippen LogP contribution in [0.15, 0.2) is 41.5 Å². The molecule has 1 atom stereocenters. The minimum Gasteiger partial charge on any atom is -0.275 e. The quantitative estimate of drug-likeness (QED) is 0.706. The summed E-state index contributed by atoms with van der Waals surface area (Å²) in [6.45, 7) is 2.01. The minimum atomic E-state index is -0.504. The van der Waals surface area contributed by atoms with Gasteiger partial charge in [-0.2, -0.15) is 0 Å². The maximum Gasteiger partial charge on any atom is 0.149 e. The van der Waals surface area contributed by atoms with E-state index in [1.807, 2.05) is 6.92 Å². The number of halogens is 3. The highest BCUT2D eigenvalue weighted by Gasteiger charge is 2.17. The molecule has 0 aliphatic carbocycles. The molecule has 1 aromatic carbocycles. The van der Waals surface area contributed by atoms with Crippen molar-refractivity contribution in [3.8, 4) is 0 Å². The normalized spacial score (nSPS) is 18.4. The Labute approximate surface area is 148 Å². The van der Waals surface area contributed by atoms with Gasteiger partial charge in [0.1, 0.15) is 16.7 Å². The molecule has 0 N–H and O–H groups in total. The van der Waals surface area contributed by atoms with Crippen LogP contribution >= 0.6 is 23.4 Å². The molecule has 0 fully saturated rings. The topological polar surface area (TPSA) is 25.2 Å². The Morgan fingerprint density at radius 2 is 2.17 bits per heavy atom. The Hall–Kier alpha value is -1.72. The summed E-state index contributed by atoms with van der Waals surface area (Å²) in [6, 6.07) is 7.74. The monoisotopic (exact) mass is 364 g/mol. The molecule has 2 nitrogen and oxygen atoms in total. The van der Waals surface area contributed by atoms with Gasteiger partial charge in [0.15, 0.2) is 0 Å². The molecule has 1 unspecified atom stereocenters. The molecule has 124 valence electrons. The molecule has 0 bridgehead atoms. The van der Waals surface area contributed by atoms with Gasteiger partial charge >= 0.3 is 0 Å². The molecule has 24 heavy (non-hydrogen) atoms. The fourth-order valence-corrected chi connectivity index (χ4v) is 3.64. The fourth-order valence-electron chi connectivity index (χ4n) is 2.31. The summed E-state index contributed by atoms with van der Waals surface area (Å²) in [4.78, 5) is 8.44. The molecule has 0 saturated carbocycles. The molecular weight excluding hydrogens is 350 g/mol. The van der Waals surface area contributed by atoms with E-state index in [1.165, 1.54) is 42.2 Å². The van der Waals surface area contributed by atoms with Crippen LogP contribution in [0.2, 0.25) is 5.02 Å². The highest BCUT2D eigenvalue weighted by atomic mass is 35.5. The van der Waals surface area contributed by atoms with Gasteiger partial charge in [0.2, 0.25) is 0 Å². The van der Waals surface area contributed by atoms with E-state index >= 15 is 0 Å². The van der Waals surface area contributed by atoms with Crippen molar-refractivity contribution in [2.45, 2.75) is 19.4 Å². The van der Waals surface area contributed by atoms with Crippen molar-refractivity contribution in [1.29, 1.82) is 0 Å². The van der Waals surface area contributed by atoms with Crippen molar-refractivity contribution in [3.05, 3.63) is 64.2 Å². The summed E-state index contributed by atoms with van der Waals surface area (Å²) in [5.74, 6) is 0.0519. The van der Waals surface area contributed by atoms with Crippen molar-refractivity contribution in [1.82, 2.24) is 4.98 Å². The second kappa shape index (κ2) is 7.45. The number of aromatic nitrogens is 1. The SMILES string of the molecule is CC1CCSC(c2cc(/C=C(\F)c3ccc(Cl)cn3)ccc2F)=N1. The Morgan fingerprint density at radius 3 is 2.88 bits per heavy atom. The average Bonchev–Trinajstić information content (AvgIpc) is 2.57. The molecule has 1 aliphatic rings. The molecular formula is C18H15ClF2N2S. The van der Waals surface area contributed by atoms with Crippen molar-refractivity contribution >= 4 is 40.3 Å². The first kappa shape index (κ1) is 17.1. The van der Waals surface area contributed by atoms with Gasteiger partial charge in [-0.25, -0.2) is 8.78 Å². The lowest BCUT2D eigenvalue weighted by molar-refractivity contribution is 0.624. The van der Waals surface area contributed by atoms with Crippen LogP contribution in [-0.2, 0) is 0 Å². The third kappa shape index (κ3) is 4.02. The molecule has 3 rings (SSSR count). The van der Waals surface area contributed by atoms with Crippen LogP contribution in [-0.4, -0.2) is 21.8 Å². The second-order valence-electron chi connectivity index (χ2n) is 5.51. The summed E-state index contributed by atoms with van der Waals surface area (Å²) in [5, 5.41) is 1.11. The smallest absolute Gasteiger partial charge is 0.149 e. The zero-order valence-electron chi connectivity index (χ0n) is 13.0. The van der Waals surface area contributed by atoms with Crippen LogP contribution in [0.5, 0.6) is 0 Å². The number of rotatable bonds is 3. The molecule has 2 aromatic rings. The molecule has 0 amide bonds. The summed E-state index contributed by atoms with van der Waals surface area (Å²) >= 11 is 7.28. The van der Waals surface area contributed by atoms with Gasteiger partial charge in [-0.05, 0) is 49.2 Å². The van der Waals surface area contributed by atoms with E-state index in [9.17, 15) is 8.78 Å². The van der Waals surface area contributed by atoms with Gasteiger partial charge in [0.05, 0.1) is 10.7 Å². The van der Waals surface area contributed by atoms with Crippen molar-refractivity contribution in [3.63, 3.8) is 0 Å². The predicted molar refractivity (Wildman–Crippen MR) is 97.7 cm³/mol. The Morgan fingerprint density at radius 1 is 1.33 bits per heavy atom. The van der Waals surface area contributed by atoms with Gasteiger partial charge in [-0.15, -0.1) is 11.8 Å². The first-order valence-corrected chi connectivity index (χ1v) is 8.89. The summed E-state index contributed by atoms with van der Waals surface area (Å²) in [7, 11) is 0. The van der Waals surface area contributed by atoms with Gasteiger partial charge < -0.3 is 0 Å². The zero-order valence-corrected chi connectivity index (χ0v) is 14.5. The molecule has 0 saturated heterocycles. The van der Waals surface area contributed by atoms with E-state index in [2.05, 4.69) is 9.98 Å². The van der Waals surface area contributed by atoms with Gasteiger partial charge in [-0.3, -0.25) is 9.98 Å². The first-order valence-electron chi connectivity index (χ1n) is 7.52. The van der Waals surface area contributed by atoms with Crippen molar-refractivity contribution in [2.75, 3.05) is 5.75 Å². The number of pyridine rings is 1. The van der Waals surface area contributed by atoms with E-state index in [0.717, 1.165) is 12.2 Å². The number of aliphatic imine (C=N–C) groups is 1. The summed E-state index contributed by atoms with van der Waals surface area (Å²) < 4.78 is 28.5. The third-order valence-corrected chi connectivity index (χ3v) is 4.86. The highest BCUT2D eigenvalue weighted by Crippen LogP contribution is 2.26. The Bertz CT molecular complexity index is 803. The molecule has 1 aliphatic heterocycles. The van der Waals surface area contributed by atoms with Crippen LogP contribution in [0.25, 0.3) is 11.9 Å². The van der Waals surface area contributed by atoms with Gasteiger partial charge in [0.25, 0.3) is 0 Å². The van der Waals surface area contributed by atoms with Crippen molar-refractivity contribution in [2.24, 2.45) is 4.99 Å². The highest BCUT2D eigenvalue weighted by molar-refractivity contribution is 8.14. The van der Waals surface area contributed by atoms with Crippen LogP contribution in [0.1, 0.15) is 30.2 Å². The average molecular weight is 365 g/mol. The summed E-state index contributed by atoms with van der Waals surface area (Å²) in [6.07, 6.45) is 3.69. The van der Waals surface area contributed by atoms with E-state index in [1.54, 1.807) is 12.1 Å². The van der Waals surface area contributed by atoms with E-state index in [-0.39, 0.29) is 17.6 Å². The molecule has 6 heteroatoms. The largest absolute Gasteiger partial charge is 0.275 e. The number of benzene rings is 1. The lowest BCUT2D eigenvalue weighted by Crippen LogP contribution is -2.13. The minimum absolute atomic E-state index is 0.176. The third-order valence-electron chi connectivity index (χ3n) is 3.60. The molecule has 0 spiro atoms. The zero-order chi connectivity index (χ0) is 17.1. The van der Waals surface area contributed by atoms with E-state index < -0.39 is 5.83 Å². The lowest BCUT2D eigenvalue weighted by Gasteiger charge is -2.17. The van der Waals surface area contributed by atoms with E-state index in [4.69, 9.17) is 11.6 Å². The van der Waals surface area contributed by atoms with Crippen LogP contribution in [0.4, 0.5) is 8.78 Å². The second-order valence-corrected chi connectivity index (χ2v) is 7.03. The van der Waals surface area contributed by atoms with Crippen LogP contribution in [0, 0.1) is 5.82 Å². The maximum absolute atomic E-state index is 14.3. The van der Waals surface area contributed by atoms with E-state index in [0.29, 0.717) is 21.2 Å². The summed E-state index contributed by atoms with van der Waals surface area (Å²) in [5.41, 5.74) is 1.16. The lowest BCUT2D eigenvalue weighted by atomic mass is 10.1. The Kier molecular flexibility index (Phi) is 5.31. The maximum atomic E-state index is 14.3. The number of hydrogen-bond acceptors (Lipinski definition) is 3. The number of nitrogens with zero attached hydrogens (tertiary/aromatic N) is 2. The fraction of sp³-hybridized carbons (Fsp3) is 0.222. The first-order chi connectivity index (χ1) is 11.5.